The van der Waals surface area contributed by atoms with E-state index in [-0.39, 0.29) is 4.48 Å². The first-order valence-corrected chi connectivity index (χ1v) is 4.59. The van der Waals surface area contributed by atoms with Crippen LogP contribution >= 0.6 is 0 Å². The second kappa shape index (κ2) is 4.06. The lowest BCUT2D eigenvalue weighted by molar-refractivity contribution is -0.901. The SMILES string of the molecule is CC(C)(N)CC[N+](C)(C)CC(F)(F)F. The minimum Gasteiger partial charge on any atom is -0.325 e. The van der Waals surface area contributed by atoms with Crippen LogP contribution in [0.25, 0.3) is 0 Å². The predicted octanol–water partition coefficient (Wildman–Crippen LogP) is 1.75. The van der Waals surface area contributed by atoms with Gasteiger partial charge in [-0.2, -0.15) is 13.2 Å². The average molecular weight is 213 g/mol. The van der Waals surface area contributed by atoms with Crippen molar-refractivity contribution in [3.05, 3.63) is 0 Å². The lowest BCUT2D eigenvalue weighted by atomic mass is 10.0. The van der Waals surface area contributed by atoms with Crippen LogP contribution in [-0.4, -0.2) is 43.4 Å². The Balaban J connectivity index is 4.09. The topological polar surface area (TPSA) is 26.0 Å². The van der Waals surface area contributed by atoms with Crippen LogP contribution in [0.3, 0.4) is 0 Å². The molecule has 0 aliphatic heterocycles. The molecule has 0 aromatic heterocycles. The fraction of sp³-hybridized carbons (Fsp3) is 1.00. The molecule has 0 spiro atoms. The summed E-state index contributed by atoms with van der Waals surface area (Å²) >= 11 is 0. The molecule has 0 rings (SSSR count). The molecule has 0 heterocycles. The van der Waals surface area contributed by atoms with Gasteiger partial charge >= 0.3 is 6.18 Å². The predicted molar refractivity (Wildman–Crippen MR) is 50.8 cm³/mol. The molecule has 0 saturated carbocycles. The summed E-state index contributed by atoms with van der Waals surface area (Å²) in [5.74, 6) is 0. The third-order valence-corrected chi connectivity index (χ3v) is 1.97. The van der Waals surface area contributed by atoms with Gasteiger partial charge in [0.15, 0.2) is 6.54 Å². The molecule has 0 aromatic carbocycles. The van der Waals surface area contributed by atoms with Crippen molar-refractivity contribution in [2.24, 2.45) is 5.73 Å². The third-order valence-electron chi connectivity index (χ3n) is 1.97. The Morgan fingerprint density at radius 2 is 1.57 bits per heavy atom. The summed E-state index contributed by atoms with van der Waals surface area (Å²) in [5.41, 5.74) is 5.31. The molecule has 0 unspecified atom stereocenters. The van der Waals surface area contributed by atoms with E-state index in [1.165, 1.54) is 0 Å². The van der Waals surface area contributed by atoms with Gasteiger partial charge in [-0.1, -0.05) is 0 Å². The molecule has 0 atom stereocenters. The molecule has 14 heavy (non-hydrogen) atoms. The molecule has 86 valence electrons. The number of nitrogens with zero attached hydrogens (tertiary/aromatic N) is 1. The maximum absolute atomic E-state index is 12.1. The van der Waals surface area contributed by atoms with E-state index in [0.717, 1.165) is 0 Å². The highest BCUT2D eigenvalue weighted by molar-refractivity contribution is 4.70. The van der Waals surface area contributed by atoms with Gasteiger partial charge in [0.1, 0.15) is 0 Å². The lowest BCUT2D eigenvalue weighted by Gasteiger charge is -2.33. The van der Waals surface area contributed by atoms with E-state index >= 15 is 0 Å². The number of rotatable bonds is 4. The zero-order valence-electron chi connectivity index (χ0n) is 9.28. The summed E-state index contributed by atoms with van der Waals surface area (Å²) in [5, 5.41) is 0. The van der Waals surface area contributed by atoms with E-state index in [9.17, 15) is 13.2 Å². The summed E-state index contributed by atoms with van der Waals surface area (Å²) in [7, 11) is 3.14. The van der Waals surface area contributed by atoms with E-state index in [4.69, 9.17) is 5.73 Å². The van der Waals surface area contributed by atoms with Gasteiger partial charge in [-0.25, -0.2) is 0 Å². The van der Waals surface area contributed by atoms with Crippen molar-refractivity contribution in [1.82, 2.24) is 0 Å². The van der Waals surface area contributed by atoms with E-state index in [0.29, 0.717) is 13.0 Å². The van der Waals surface area contributed by atoms with Crippen LogP contribution in [0.2, 0.25) is 0 Å². The summed E-state index contributed by atoms with van der Waals surface area (Å²) < 4.78 is 36.3. The fourth-order valence-corrected chi connectivity index (χ4v) is 1.16. The maximum atomic E-state index is 12.1. The van der Waals surface area contributed by atoms with Crippen molar-refractivity contribution >= 4 is 0 Å². The summed E-state index contributed by atoms with van der Waals surface area (Å²) in [6.07, 6.45) is -3.53. The van der Waals surface area contributed by atoms with Crippen molar-refractivity contribution in [3.8, 4) is 0 Å². The Hall–Kier alpha value is -0.290. The number of halogens is 3. The van der Waals surface area contributed by atoms with E-state index < -0.39 is 18.3 Å². The molecule has 5 heteroatoms. The molecule has 2 nitrogen and oxygen atoms in total. The van der Waals surface area contributed by atoms with Gasteiger partial charge in [0.2, 0.25) is 0 Å². The van der Waals surface area contributed by atoms with Crippen molar-refractivity contribution in [2.45, 2.75) is 32.0 Å². The molecule has 0 fully saturated rings. The zero-order chi connectivity index (χ0) is 11.6. The summed E-state index contributed by atoms with van der Waals surface area (Å²) in [4.78, 5) is 0. The minimum absolute atomic E-state index is 0.0653. The fourth-order valence-electron chi connectivity index (χ4n) is 1.16. The largest absolute Gasteiger partial charge is 0.438 e. The first kappa shape index (κ1) is 13.7. The zero-order valence-corrected chi connectivity index (χ0v) is 9.28. The lowest BCUT2D eigenvalue weighted by Crippen LogP contribution is -2.50. The van der Waals surface area contributed by atoms with Gasteiger partial charge in [0.25, 0.3) is 0 Å². The molecular formula is C9H20F3N2+. The van der Waals surface area contributed by atoms with Crippen LogP contribution in [0.4, 0.5) is 13.2 Å². The number of hydrogen-bond donors (Lipinski definition) is 1. The highest BCUT2D eigenvalue weighted by atomic mass is 19.4. The van der Waals surface area contributed by atoms with E-state index in [2.05, 4.69) is 0 Å². The van der Waals surface area contributed by atoms with Crippen LogP contribution in [0.1, 0.15) is 20.3 Å². The van der Waals surface area contributed by atoms with E-state index in [1.807, 2.05) is 13.8 Å². The number of quaternary nitrogens is 1. The van der Waals surface area contributed by atoms with Crippen molar-refractivity contribution in [3.63, 3.8) is 0 Å². The molecule has 0 radical (unpaired) electrons. The van der Waals surface area contributed by atoms with Crippen molar-refractivity contribution in [2.75, 3.05) is 27.2 Å². The highest BCUT2D eigenvalue weighted by Crippen LogP contribution is 2.20. The van der Waals surface area contributed by atoms with E-state index in [1.54, 1.807) is 14.1 Å². The highest BCUT2D eigenvalue weighted by Gasteiger charge is 2.37. The second-order valence-electron chi connectivity index (χ2n) is 5.17. The number of hydrogen-bond acceptors (Lipinski definition) is 1. The normalized spacial score (nSPS) is 14.6. The summed E-state index contributed by atoms with van der Waals surface area (Å²) in [6.45, 7) is 3.27. The third kappa shape index (κ3) is 8.31. The monoisotopic (exact) mass is 213 g/mol. The molecule has 0 aliphatic rings. The van der Waals surface area contributed by atoms with Crippen molar-refractivity contribution in [1.29, 1.82) is 0 Å². The van der Waals surface area contributed by atoms with Crippen LogP contribution in [0.5, 0.6) is 0 Å². The minimum atomic E-state index is -4.11. The van der Waals surface area contributed by atoms with Crippen LogP contribution in [0, 0.1) is 0 Å². The summed E-state index contributed by atoms with van der Waals surface area (Å²) in [6, 6.07) is 0. The van der Waals surface area contributed by atoms with Gasteiger partial charge in [-0.3, -0.25) is 0 Å². The molecular weight excluding hydrogens is 193 g/mol. The van der Waals surface area contributed by atoms with Crippen LogP contribution < -0.4 is 5.73 Å². The van der Waals surface area contributed by atoms with Gasteiger partial charge < -0.3 is 10.2 Å². The average Bonchev–Trinajstić information content (AvgIpc) is 1.76. The first-order chi connectivity index (χ1) is 5.91. The van der Waals surface area contributed by atoms with Gasteiger partial charge in [0.05, 0.1) is 20.6 Å². The smallest absolute Gasteiger partial charge is 0.325 e. The molecule has 2 N–H and O–H groups in total. The quantitative estimate of drug-likeness (QED) is 0.707. The van der Waals surface area contributed by atoms with Crippen molar-refractivity contribution < 1.29 is 17.7 Å². The Labute approximate surface area is 83.5 Å². The molecule has 0 aliphatic carbocycles. The Morgan fingerprint density at radius 3 is 1.86 bits per heavy atom. The Morgan fingerprint density at radius 1 is 1.14 bits per heavy atom. The number of nitrogens with two attached hydrogens (primary N) is 1. The molecule has 0 aromatic rings. The Kier molecular flexibility index (Phi) is 3.98. The molecule has 0 saturated heterocycles. The van der Waals surface area contributed by atoms with Crippen LogP contribution in [0.15, 0.2) is 0 Å². The van der Waals surface area contributed by atoms with Gasteiger partial charge in [-0.05, 0) is 13.8 Å². The maximum Gasteiger partial charge on any atom is 0.438 e. The Bertz CT molecular complexity index is 179. The standard InChI is InChI=1S/C9H20F3N2/c1-8(2,13)5-6-14(3,4)7-9(10,11)12/h5-7,13H2,1-4H3/q+1. The van der Waals surface area contributed by atoms with Crippen LogP contribution in [-0.2, 0) is 0 Å². The first-order valence-electron chi connectivity index (χ1n) is 4.59. The molecule has 0 amide bonds. The van der Waals surface area contributed by atoms with Gasteiger partial charge in [0, 0.05) is 12.0 Å². The second-order valence-corrected chi connectivity index (χ2v) is 5.17. The van der Waals surface area contributed by atoms with Gasteiger partial charge in [-0.15, -0.1) is 0 Å². The molecule has 0 bridgehead atoms. The number of alkyl halides is 3.